The SMILES string of the molecule is C[C@H](C(=O)NC1CCCC1)N(Cc1c(Cl)cccc1Cl)C(=O)CCN1C(=O)c2ccccc2S1(=O)=O. The van der Waals surface area contributed by atoms with Gasteiger partial charge in [0.05, 0.1) is 5.56 Å². The summed E-state index contributed by atoms with van der Waals surface area (Å²) >= 11 is 12.7. The summed E-state index contributed by atoms with van der Waals surface area (Å²) in [5.74, 6) is -1.49. The van der Waals surface area contributed by atoms with E-state index >= 15 is 0 Å². The van der Waals surface area contributed by atoms with Gasteiger partial charge in [-0.25, -0.2) is 12.7 Å². The zero-order valence-electron chi connectivity index (χ0n) is 19.7. The Morgan fingerprint density at radius 3 is 2.36 bits per heavy atom. The second-order valence-corrected chi connectivity index (χ2v) is 11.7. The van der Waals surface area contributed by atoms with Crippen molar-refractivity contribution in [1.29, 1.82) is 0 Å². The van der Waals surface area contributed by atoms with E-state index in [9.17, 15) is 22.8 Å². The third-order valence-electron chi connectivity index (χ3n) is 6.70. The maximum Gasteiger partial charge on any atom is 0.269 e. The maximum absolute atomic E-state index is 13.4. The Kier molecular flexibility index (Phi) is 7.92. The van der Waals surface area contributed by atoms with Crippen molar-refractivity contribution in [3.8, 4) is 0 Å². The van der Waals surface area contributed by atoms with E-state index in [0.29, 0.717) is 19.9 Å². The average Bonchev–Trinajstić information content (AvgIpc) is 3.42. The molecule has 2 aliphatic rings. The van der Waals surface area contributed by atoms with Gasteiger partial charge < -0.3 is 10.2 Å². The van der Waals surface area contributed by atoms with Gasteiger partial charge in [0.15, 0.2) is 0 Å². The molecule has 3 amide bonds. The number of hydrogen-bond donors (Lipinski definition) is 1. The van der Waals surface area contributed by atoms with Gasteiger partial charge in [0.1, 0.15) is 10.9 Å². The summed E-state index contributed by atoms with van der Waals surface area (Å²) in [6.07, 6.45) is 3.55. The quantitative estimate of drug-likeness (QED) is 0.533. The molecule has 0 aromatic heterocycles. The summed E-state index contributed by atoms with van der Waals surface area (Å²) in [7, 11) is -4.05. The molecule has 1 heterocycles. The van der Waals surface area contributed by atoms with Gasteiger partial charge in [-0.15, -0.1) is 0 Å². The van der Waals surface area contributed by atoms with Gasteiger partial charge >= 0.3 is 0 Å². The number of nitrogens with one attached hydrogen (secondary N) is 1. The van der Waals surface area contributed by atoms with Crippen LogP contribution in [0.2, 0.25) is 10.0 Å². The second-order valence-electron chi connectivity index (χ2n) is 9.02. The number of sulfonamides is 1. The van der Waals surface area contributed by atoms with Crippen LogP contribution >= 0.6 is 23.2 Å². The topological polar surface area (TPSA) is 104 Å². The van der Waals surface area contributed by atoms with Crippen molar-refractivity contribution in [2.24, 2.45) is 0 Å². The summed E-state index contributed by atoms with van der Waals surface area (Å²) in [6.45, 7) is 1.22. The molecule has 0 radical (unpaired) electrons. The smallest absolute Gasteiger partial charge is 0.269 e. The van der Waals surface area contributed by atoms with E-state index in [1.807, 2.05) is 0 Å². The van der Waals surface area contributed by atoms with Crippen LogP contribution < -0.4 is 5.32 Å². The molecule has 1 atom stereocenters. The minimum atomic E-state index is -4.05. The first-order valence-corrected chi connectivity index (χ1v) is 14.0. The minimum Gasteiger partial charge on any atom is -0.352 e. The molecule has 1 aliphatic carbocycles. The third-order valence-corrected chi connectivity index (χ3v) is 9.25. The first-order chi connectivity index (χ1) is 17.1. The summed E-state index contributed by atoms with van der Waals surface area (Å²) in [5.41, 5.74) is 0.556. The molecule has 1 N–H and O–H groups in total. The van der Waals surface area contributed by atoms with Gasteiger partial charge in [0.2, 0.25) is 11.8 Å². The molecular weight excluding hydrogens is 525 g/mol. The Morgan fingerprint density at radius 2 is 1.72 bits per heavy atom. The number of rotatable bonds is 8. The molecule has 1 fully saturated rings. The molecule has 1 aliphatic heterocycles. The normalized spacial score (nSPS) is 17.6. The number of fused-ring (bicyclic) bond motifs is 1. The number of carbonyl (C=O) groups is 3. The monoisotopic (exact) mass is 551 g/mol. The van der Waals surface area contributed by atoms with Crippen LogP contribution in [0.1, 0.15) is 54.9 Å². The molecule has 1 saturated carbocycles. The van der Waals surface area contributed by atoms with E-state index < -0.39 is 27.9 Å². The first-order valence-electron chi connectivity index (χ1n) is 11.8. The molecule has 192 valence electrons. The van der Waals surface area contributed by atoms with Crippen molar-refractivity contribution in [2.75, 3.05) is 6.54 Å². The summed E-state index contributed by atoms with van der Waals surface area (Å²) in [4.78, 5) is 40.5. The van der Waals surface area contributed by atoms with Gasteiger partial charge in [-0.2, -0.15) is 0 Å². The molecule has 0 saturated heterocycles. The molecule has 2 aromatic rings. The highest BCUT2D eigenvalue weighted by atomic mass is 35.5. The van der Waals surface area contributed by atoms with Crippen molar-refractivity contribution < 1.29 is 22.8 Å². The zero-order chi connectivity index (χ0) is 26.0. The number of nitrogens with zero attached hydrogens (tertiary/aromatic N) is 2. The van der Waals surface area contributed by atoms with Gasteiger partial charge in [0.25, 0.3) is 15.9 Å². The van der Waals surface area contributed by atoms with Gasteiger partial charge in [0, 0.05) is 41.2 Å². The number of hydrogen-bond acceptors (Lipinski definition) is 5. The van der Waals surface area contributed by atoms with Crippen LogP contribution in [-0.4, -0.2) is 54.0 Å². The molecule has 36 heavy (non-hydrogen) atoms. The molecule has 0 bridgehead atoms. The van der Waals surface area contributed by atoms with Crippen LogP contribution in [0.4, 0.5) is 0 Å². The van der Waals surface area contributed by atoms with Crippen LogP contribution in [0.5, 0.6) is 0 Å². The predicted octanol–water partition coefficient (Wildman–Crippen LogP) is 4.00. The van der Waals surface area contributed by atoms with E-state index in [1.54, 1.807) is 31.2 Å². The molecule has 8 nitrogen and oxygen atoms in total. The number of carbonyl (C=O) groups excluding carboxylic acids is 3. The predicted molar refractivity (Wildman–Crippen MR) is 136 cm³/mol. The Labute approximate surface area is 220 Å². The van der Waals surface area contributed by atoms with Crippen molar-refractivity contribution >= 4 is 50.9 Å². The summed E-state index contributed by atoms with van der Waals surface area (Å²) in [6, 6.07) is 10.1. The Balaban J connectivity index is 1.54. The molecule has 11 heteroatoms. The van der Waals surface area contributed by atoms with Gasteiger partial charge in [-0.1, -0.05) is 54.2 Å². The Bertz CT molecular complexity index is 1270. The van der Waals surface area contributed by atoms with Gasteiger partial charge in [-0.3, -0.25) is 14.4 Å². The van der Waals surface area contributed by atoms with E-state index in [4.69, 9.17) is 23.2 Å². The first kappa shape index (κ1) is 26.4. The minimum absolute atomic E-state index is 0.0441. The van der Waals surface area contributed by atoms with E-state index in [0.717, 1.165) is 25.7 Å². The van der Waals surface area contributed by atoms with E-state index in [-0.39, 0.29) is 41.9 Å². The molecular formula is C25H27Cl2N3O5S. The Morgan fingerprint density at radius 1 is 1.08 bits per heavy atom. The van der Waals surface area contributed by atoms with Gasteiger partial charge in [-0.05, 0) is 44.0 Å². The number of halogens is 2. The van der Waals surface area contributed by atoms with Crippen molar-refractivity contribution in [1.82, 2.24) is 14.5 Å². The lowest BCUT2D eigenvalue weighted by atomic mass is 10.1. The number of benzene rings is 2. The molecule has 2 aromatic carbocycles. The highest BCUT2D eigenvalue weighted by Crippen LogP contribution is 2.31. The lowest BCUT2D eigenvalue weighted by molar-refractivity contribution is -0.140. The fourth-order valence-electron chi connectivity index (χ4n) is 4.62. The van der Waals surface area contributed by atoms with Crippen molar-refractivity contribution in [2.45, 2.75) is 62.6 Å². The van der Waals surface area contributed by atoms with Crippen LogP contribution in [0.15, 0.2) is 47.4 Å². The second kappa shape index (κ2) is 10.8. The highest BCUT2D eigenvalue weighted by molar-refractivity contribution is 7.90. The average molecular weight is 552 g/mol. The van der Waals surface area contributed by atoms with Crippen molar-refractivity contribution in [3.63, 3.8) is 0 Å². The maximum atomic E-state index is 13.4. The highest BCUT2D eigenvalue weighted by Gasteiger charge is 2.41. The van der Waals surface area contributed by atoms with E-state index in [2.05, 4.69) is 5.32 Å². The molecule has 0 spiro atoms. The lowest BCUT2D eigenvalue weighted by Gasteiger charge is -2.30. The Hall–Kier alpha value is -2.62. The largest absolute Gasteiger partial charge is 0.352 e. The third kappa shape index (κ3) is 5.23. The zero-order valence-corrected chi connectivity index (χ0v) is 22.1. The van der Waals surface area contributed by atoms with E-state index in [1.165, 1.54) is 23.1 Å². The fraction of sp³-hybridized carbons (Fsp3) is 0.400. The van der Waals surface area contributed by atoms with Crippen LogP contribution in [0.3, 0.4) is 0 Å². The number of amides is 3. The fourth-order valence-corrected chi connectivity index (χ4v) is 6.71. The summed E-state index contributed by atoms with van der Waals surface area (Å²) < 4.78 is 26.5. The molecule has 4 rings (SSSR count). The van der Waals surface area contributed by atoms with Crippen LogP contribution in [0, 0.1) is 0 Å². The standard InChI is InChI=1S/C25H27Cl2N3O5S/c1-16(24(32)28-17-7-2-3-8-17)29(15-19-20(26)10-6-11-21(19)27)23(31)13-14-30-25(33)18-9-4-5-12-22(18)36(30,34)35/h4-6,9-12,16-17H,2-3,7-8,13-15H2,1H3,(H,28,32)/t16-/m1/s1. The lowest BCUT2D eigenvalue weighted by Crippen LogP contribution is -2.50. The molecule has 0 unspecified atom stereocenters. The van der Waals surface area contributed by atoms with Crippen LogP contribution in [-0.2, 0) is 26.2 Å². The summed E-state index contributed by atoms with van der Waals surface area (Å²) in [5, 5.41) is 3.69. The van der Waals surface area contributed by atoms with Crippen molar-refractivity contribution in [3.05, 3.63) is 63.6 Å². The van der Waals surface area contributed by atoms with Crippen LogP contribution in [0.25, 0.3) is 0 Å².